The van der Waals surface area contributed by atoms with Gasteiger partial charge in [-0.15, -0.1) is 0 Å². The molecule has 1 aromatic heterocycles. The van der Waals surface area contributed by atoms with Crippen molar-refractivity contribution in [1.82, 2.24) is 10.3 Å². The van der Waals surface area contributed by atoms with Crippen molar-refractivity contribution < 1.29 is 14.7 Å². The van der Waals surface area contributed by atoms with Crippen molar-refractivity contribution >= 4 is 11.9 Å². The molecule has 0 aromatic carbocycles. The second-order valence-electron chi connectivity index (χ2n) is 5.50. The van der Waals surface area contributed by atoms with Crippen molar-refractivity contribution in [2.24, 2.45) is 0 Å². The molecule has 1 fully saturated rings. The highest BCUT2D eigenvalue weighted by Crippen LogP contribution is 2.31. The SMILES string of the molecule is O=C(O)CC1(NC(=O)Cc2cccnc2)CCCCC1. The molecule has 0 atom stereocenters. The lowest BCUT2D eigenvalue weighted by Crippen LogP contribution is -2.51. The summed E-state index contributed by atoms with van der Waals surface area (Å²) in [5, 5.41) is 12.0. The first kappa shape index (κ1) is 14.5. The van der Waals surface area contributed by atoms with E-state index in [-0.39, 0.29) is 18.7 Å². The Bertz CT molecular complexity index is 467. The molecule has 5 nitrogen and oxygen atoms in total. The van der Waals surface area contributed by atoms with E-state index >= 15 is 0 Å². The number of amides is 1. The van der Waals surface area contributed by atoms with Crippen LogP contribution in [0, 0.1) is 0 Å². The molecule has 108 valence electrons. The molecule has 0 unspecified atom stereocenters. The van der Waals surface area contributed by atoms with E-state index in [1.807, 2.05) is 6.07 Å². The first-order valence-corrected chi connectivity index (χ1v) is 7.01. The maximum Gasteiger partial charge on any atom is 0.305 e. The molecule has 0 bridgehead atoms. The van der Waals surface area contributed by atoms with Crippen LogP contribution in [0.2, 0.25) is 0 Å². The lowest BCUT2D eigenvalue weighted by Gasteiger charge is -2.37. The molecule has 5 heteroatoms. The summed E-state index contributed by atoms with van der Waals surface area (Å²) in [7, 11) is 0. The van der Waals surface area contributed by atoms with Gasteiger partial charge in [-0.2, -0.15) is 0 Å². The van der Waals surface area contributed by atoms with Crippen molar-refractivity contribution in [3.63, 3.8) is 0 Å². The van der Waals surface area contributed by atoms with Gasteiger partial charge in [-0.05, 0) is 24.5 Å². The molecule has 0 aliphatic heterocycles. The first-order chi connectivity index (χ1) is 9.60. The second kappa shape index (κ2) is 6.50. The number of hydrogen-bond donors (Lipinski definition) is 2. The quantitative estimate of drug-likeness (QED) is 0.861. The minimum atomic E-state index is -0.853. The number of carboxylic acids is 1. The minimum absolute atomic E-state index is 0.00573. The lowest BCUT2D eigenvalue weighted by molar-refractivity contribution is -0.139. The van der Waals surface area contributed by atoms with Gasteiger partial charge in [0.15, 0.2) is 0 Å². The average molecular weight is 276 g/mol. The van der Waals surface area contributed by atoms with Crippen LogP contribution in [-0.2, 0) is 16.0 Å². The zero-order valence-corrected chi connectivity index (χ0v) is 11.5. The fourth-order valence-corrected chi connectivity index (χ4v) is 2.89. The van der Waals surface area contributed by atoms with Gasteiger partial charge in [-0.25, -0.2) is 0 Å². The first-order valence-electron chi connectivity index (χ1n) is 7.01. The second-order valence-corrected chi connectivity index (χ2v) is 5.50. The number of aliphatic carboxylic acids is 1. The van der Waals surface area contributed by atoms with Crippen LogP contribution in [0.25, 0.3) is 0 Å². The van der Waals surface area contributed by atoms with Crippen LogP contribution in [0.4, 0.5) is 0 Å². The molecule has 0 saturated heterocycles. The zero-order valence-electron chi connectivity index (χ0n) is 11.5. The molecule has 1 amide bonds. The molecule has 1 saturated carbocycles. The van der Waals surface area contributed by atoms with Crippen LogP contribution in [0.5, 0.6) is 0 Å². The summed E-state index contributed by atoms with van der Waals surface area (Å²) in [6.45, 7) is 0. The Morgan fingerprint density at radius 3 is 2.65 bits per heavy atom. The lowest BCUT2D eigenvalue weighted by atomic mass is 9.79. The number of carboxylic acid groups (broad SMARTS) is 1. The molecule has 1 aliphatic rings. The van der Waals surface area contributed by atoms with Gasteiger partial charge in [-0.1, -0.05) is 25.3 Å². The largest absolute Gasteiger partial charge is 0.481 e. The van der Waals surface area contributed by atoms with Crippen molar-refractivity contribution in [2.75, 3.05) is 0 Å². The van der Waals surface area contributed by atoms with Crippen molar-refractivity contribution in [3.8, 4) is 0 Å². The predicted molar refractivity (Wildman–Crippen MR) is 74.2 cm³/mol. The Morgan fingerprint density at radius 1 is 1.30 bits per heavy atom. The van der Waals surface area contributed by atoms with E-state index in [0.29, 0.717) is 0 Å². The van der Waals surface area contributed by atoms with Crippen LogP contribution < -0.4 is 5.32 Å². The normalized spacial score (nSPS) is 17.4. The maximum atomic E-state index is 12.1. The van der Waals surface area contributed by atoms with Gasteiger partial charge >= 0.3 is 5.97 Å². The molecule has 0 spiro atoms. The van der Waals surface area contributed by atoms with E-state index < -0.39 is 11.5 Å². The summed E-state index contributed by atoms with van der Waals surface area (Å²) in [5.74, 6) is -0.977. The summed E-state index contributed by atoms with van der Waals surface area (Å²) in [6.07, 6.45) is 8.12. The van der Waals surface area contributed by atoms with E-state index in [1.165, 1.54) is 0 Å². The van der Waals surface area contributed by atoms with Crippen molar-refractivity contribution in [2.45, 2.75) is 50.5 Å². The Balaban J connectivity index is 2.00. The topological polar surface area (TPSA) is 79.3 Å². The van der Waals surface area contributed by atoms with Gasteiger partial charge in [0.25, 0.3) is 0 Å². The number of rotatable bonds is 5. The van der Waals surface area contributed by atoms with Crippen LogP contribution in [0.15, 0.2) is 24.5 Å². The third-order valence-electron chi connectivity index (χ3n) is 3.79. The fourth-order valence-electron chi connectivity index (χ4n) is 2.89. The van der Waals surface area contributed by atoms with Gasteiger partial charge in [0, 0.05) is 12.4 Å². The Morgan fingerprint density at radius 2 is 2.05 bits per heavy atom. The van der Waals surface area contributed by atoms with Gasteiger partial charge in [0.2, 0.25) is 5.91 Å². The summed E-state index contributed by atoms with van der Waals surface area (Å²) in [6, 6.07) is 3.63. The van der Waals surface area contributed by atoms with Gasteiger partial charge in [-0.3, -0.25) is 14.6 Å². The van der Waals surface area contributed by atoms with Gasteiger partial charge in [0.1, 0.15) is 0 Å². The molecule has 1 heterocycles. The summed E-state index contributed by atoms with van der Waals surface area (Å²) < 4.78 is 0. The third kappa shape index (κ3) is 4.05. The van der Waals surface area contributed by atoms with Crippen LogP contribution in [-0.4, -0.2) is 27.5 Å². The van der Waals surface area contributed by atoms with Gasteiger partial charge < -0.3 is 10.4 Å². The van der Waals surface area contributed by atoms with Crippen molar-refractivity contribution in [3.05, 3.63) is 30.1 Å². The number of nitrogens with one attached hydrogen (secondary N) is 1. The van der Waals surface area contributed by atoms with Gasteiger partial charge in [0.05, 0.1) is 18.4 Å². The van der Waals surface area contributed by atoms with E-state index in [9.17, 15) is 9.59 Å². The van der Waals surface area contributed by atoms with E-state index in [1.54, 1.807) is 18.5 Å². The highest BCUT2D eigenvalue weighted by Gasteiger charge is 2.35. The monoisotopic (exact) mass is 276 g/mol. The van der Waals surface area contributed by atoms with Crippen LogP contribution in [0.1, 0.15) is 44.1 Å². The van der Waals surface area contributed by atoms with Crippen LogP contribution >= 0.6 is 0 Å². The maximum absolute atomic E-state index is 12.1. The third-order valence-corrected chi connectivity index (χ3v) is 3.79. The highest BCUT2D eigenvalue weighted by atomic mass is 16.4. The Kier molecular flexibility index (Phi) is 4.71. The van der Waals surface area contributed by atoms with E-state index in [2.05, 4.69) is 10.3 Å². The fraction of sp³-hybridized carbons (Fsp3) is 0.533. The minimum Gasteiger partial charge on any atom is -0.481 e. The Labute approximate surface area is 118 Å². The number of nitrogens with zero attached hydrogens (tertiary/aromatic N) is 1. The highest BCUT2D eigenvalue weighted by molar-refractivity contribution is 5.80. The number of aromatic nitrogens is 1. The summed E-state index contributed by atoms with van der Waals surface area (Å²) in [4.78, 5) is 27.2. The average Bonchev–Trinajstić information content (AvgIpc) is 2.39. The molecule has 0 radical (unpaired) electrons. The molecule has 2 N–H and O–H groups in total. The van der Waals surface area contributed by atoms with Crippen molar-refractivity contribution in [1.29, 1.82) is 0 Å². The molecule has 20 heavy (non-hydrogen) atoms. The molecular weight excluding hydrogens is 256 g/mol. The summed E-state index contributed by atoms with van der Waals surface area (Å²) in [5.41, 5.74) is 0.273. The molecular formula is C15H20N2O3. The number of pyridine rings is 1. The predicted octanol–water partition coefficient (Wildman–Crippen LogP) is 1.92. The number of carbonyl (C=O) groups excluding carboxylic acids is 1. The zero-order chi connectivity index (χ0) is 14.4. The molecule has 1 aromatic rings. The molecule has 1 aliphatic carbocycles. The summed E-state index contributed by atoms with van der Waals surface area (Å²) >= 11 is 0. The van der Waals surface area contributed by atoms with E-state index in [4.69, 9.17) is 5.11 Å². The number of carbonyl (C=O) groups is 2. The standard InChI is InChI=1S/C15H20N2O3/c18-13(9-12-5-4-8-16-11-12)17-15(10-14(19)20)6-2-1-3-7-15/h4-5,8,11H,1-3,6-7,9-10H2,(H,17,18)(H,19,20). The number of hydrogen-bond acceptors (Lipinski definition) is 3. The smallest absolute Gasteiger partial charge is 0.305 e. The Hall–Kier alpha value is -1.91. The molecule has 2 rings (SSSR count). The van der Waals surface area contributed by atoms with E-state index in [0.717, 1.165) is 37.7 Å². The van der Waals surface area contributed by atoms with Crippen LogP contribution in [0.3, 0.4) is 0 Å².